The number of nitrogens with zero attached hydrogens (tertiary/aromatic N) is 1. The fraction of sp³-hybridized carbons (Fsp3) is 0.727. The van der Waals surface area contributed by atoms with Crippen LogP contribution in [0.1, 0.15) is 55.6 Å². The molecule has 1 saturated carbocycles. The molecule has 1 heterocycles. The first-order valence-electron chi connectivity index (χ1n) is 5.56. The van der Waals surface area contributed by atoms with Crippen molar-refractivity contribution in [3.63, 3.8) is 0 Å². The van der Waals surface area contributed by atoms with Crippen molar-refractivity contribution in [2.45, 2.75) is 51.4 Å². The van der Waals surface area contributed by atoms with Gasteiger partial charge in [-0.2, -0.15) is 0 Å². The Kier molecular flexibility index (Phi) is 3.06. The van der Waals surface area contributed by atoms with Crippen LogP contribution in [0.4, 0.5) is 5.00 Å². The van der Waals surface area contributed by atoms with Crippen molar-refractivity contribution in [2.75, 3.05) is 5.73 Å². The van der Waals surface area contributed by atoms with E-state index in [-0.39, 0.29) is 0 Å². The van der Waals surface area contributed by atoms with Crippen molar-refractivity contribution in [2.24, 2.45) is 0 Å². The third-order valence-corrected chi connectivity index (χ3v) is 4.12. The monoisotopic (exact) mass is 210 g/mol. The predicted molar refractivity (Wildman–Crippen MR) is 61.7 cm³/mol. The zero-order chi connectivity index (χ0) is 9.97. The van der Waals surface area contributed by atoms with Gasteiger partial charge in [-0.25, -0.2) is 4.98 Å². The van der Waals surface area contributed by atoms with Crippen LogP contribution >= 0.6 is 11.3 Å². The average molecular weight is 210 g/mol. The molecule has 1 aromatic rings. The minimum absolute atomic E-state index is 0.705. The zero-order valence-corrected chi connectivity index (χ0v) is 9.57. The summed E-state index contributed by atoms with van der Waals surface area (Å²) in [6.45, 7) is 2.12. The summed E-state index contributed by atoms with van der Waals surface area (Å²) >= 11 is 1.71. The summed E-state index contributed by atoms with van der Waals surface area (Å²) in [7, 11) is 0. The summed E-state index contributed by atoms with van der Waals surface area (Å²) < 4.78 is 0. The van der Waals surface area contributed by atoms with E-state index in [4.69, 9.17) is 5.73 Å². The van der Waals surface area contributed by atoms with Gasteiger partial charge in [0.2, 0.25) is 0 Å². The summed E-state index contributed by atoms with van der Waals surface area (Å²) in [6, 6.07) is 0. The summed E-state index contributed by atoms with van der Waals surface area (Å²) in [5, 5.41) is 2.23. The Morgan fingerprint density at radius 1 is 1.36 bits per heavy atom. The average Bonchev–Trinajstić information content (AvgIpc) is 2.61. The maximum absolute atomic E-state index is 5.91. The van der Waals surface area contributed by atoms with Crippen molar-refractivity contribution in [1.82, 2.24) is 4.98 Å². The first kappa shape index (κ1) is 9.97. The third kappa shape index (κ3) is 1.92. The summed E-state index contributed by atoms with van der Waals surface area (Å²) in [4.78, 5) is 4.65. The highest BCUT2D eigenvalue weighted by molar-refractivity contribution is 7.15. The van der Waals surface area contributed by atoms with Gasteiger partial charge < -0.3 is 5.73 Å². The highest BCUT2D eigenvalue weighted by Gasteiger charge is 2.19. The largest absolute Gasteiger partial charge is 0.389 e. The molecule has 2 nitrogen and oxygen atoms in total. The Hall–Kier alpha value is -0.570. The number of anilines is 1. The normalized spacial score (nSPS) is 18.6. The first-order chi connectivity index (χ1) is 6.81. The summed E-state index contributed by atoms with van der Waals surface area (Å²) in [5.74, 6) is 0.705. The molecule has 0 amide bonds. The summed E-state index contributed by atoms with van der Waals surface area (Å²) in [5.41, 5.74) is 7.02. The zero-order valence-electron chi connectivity index (χ0n) is 8.75. The second-order valence-electron chi connectivity index (χ2n) is 4.05. The van der Waals surface area contributed by atoms with Crippen molar-refractivity contribution >= 4 is 16.3 Å². The lowest BCUT2D eigenvalue weighted by Gasteiger charge is -2.18. The van der Waals surface area contributed by atoms with Crippen LogP contribution < -0.4 is 5.73 Å². The molecule has 0 atom stereocenters. The van der Waals surface area contributed by atoms with Crippen molar-refractivity contribution in [3.8, 4) is 0 Å². The fourth-order valence-corrected chi connectivity index (χ4v) is 3.25. The molecular weight excluding hydrogens is 192 g/mol. The number of aryl methyl sites for hydroxylation is 1. The minimum atomic E-state index is 0.705. The van der Waals surface area contributed by atoms with E-state index in [0.29, 0.717) is 5.92 Å². The van der Waals surface area contributed by atoms with E-state index in [1.807, 2.05) is 0 Å². The van der Waals surface area contributed by atoms with Gasteiger partial charge in [-0.05, 0) is 19.3 Å². The lowest BCUT2D eigenvalue weighted by molar-refractivity contribution is 0.442. The smallest absolute Gasteiger partial charge is 0.109 e. The van der Waals surface area contributed by atoms with Crippen molar-refractivity contribution in [1.29, 1.82) is 0 Å². The number of nitrogen functional groups attached to an aromatic ring is 1. The molecule has 0 aromatic carbocycles. The van der Waals surface area contributed by atoms with Gasteiger partial charge in [0.25, 0.3) is 0 Å². The van der Waals surface area contributed by atoms with Gasteiger partial charge in [0, 0.05) is 5.92 Å². The van der Waals surface area contributed by atoms with Crippen molar-refractivity contribution < 1.29 is 0 Å². The van der Waals surface area contributed by atoms with Gasteiger partial charge in [-0.15, -0.1) is 11.3 Å². The molecular formula is C11H18N2S. The number of nitrogens with two attached hydrogens (primary N) is 1. The highest BCUT2D eigenvalue weighted by Crippen LogP contribution is 2.36. The Morgan fingerprint density at radius 2 is 2.07 bits per heavy atom. The number of thiazole rings is 1. The van der Waals surface area contributed by atoms with Crippen LogP contribution in [-0.4, -0.2) is 4.98 Å². The number of hydrogen-bond acceptors (Lipinski definition) is 3. The molecule has 1 fully saturated rings. The lowest BCUT2D eigenvalue weighted by atomic mass is 9.90. The summed E-state index contributed by atoms with van der Waals surface area (Å²) in [6.07, 6.45) is 7.73. The van der Waals surface area contributed by atoms with Gasteiger partial charge in [-0.3, -0.25) is 0 Å². The van der Waals surface area contributed by atoms with E-state index < -0.39 is 0 Å². The van der Waals surface area contributed by atoms with E-state index in [1.165, 1.54) is 37.1 Å². The maximum atomic E-state index is 5.91. The van der Waals surface area contributed by atoms with Gasteiger partial charge >= 0.3 is 0 Å². The molecule has 14 heavy (non-hydrogen) atoms. The molecule has 1 aromatic heterocycles. The molecule has 78 valence electrons. The van der Waals surface area contributed by atoms with E-state index in [9.17, 15) is 0 Å². The highest BCUT2D eigenvalue weighted by atomic mass is 32.1. The van der Waals surface area contributed by atoms with Gasteiger partial charge in [0.05, 0.1) is 10.7 Å². The molecule has 0 radical (unpaired) electrons. The molecule has 1 aliphatic rings. The lowest BCUT2D eigenvalue weighted by Crippen LogP contribution is -2.04. The number of rotatable bonds is 2. The van der Waals surface area contributed by atoms with E-state index >= 15 is 0 Å². The van der Waals surface area contributed by atoms with Crippen LogP contribution in [0, 0.1) is 0 Å². The molecule has 1 aliphatic carbocycles. The predicted octanol–water partition coefficient (Wildman–Crippen LogP) is 3.34. The Morgan fingerprint density at radius 3 is 2.64 bits per heavy atom. The SMILES string of the molecule is CCc1nc(C2CCCCC2)sc1N. The molecule has 0 aliphatic heterocycles. The number of hydrogen-bond donors (Lipinski definition) is 1. The second-order valence-corrected chi connectivity index (χ2v) is 5.11. The van der Waals surface area contributed by atoms with Gasteiger partial charge in [0.1, 0.15) is 5.00 Å². The standard InChI is InChI=1S/C11H18N2S/c1-2-9-10(12)14-11(13-9)8-6-4-3-5-7-8/h8H,2-7,12H2,1H3. The quantitative estimate of drug-likeness (QED) is 0.813. The molecule has 0 saturated heterocycles. The van der Waals surface area contributed by atoms with Crippen molar-refractivity contribution in [3.05, 3.63) is 10.7 Å². The fourth-order valence-electron chi connectivity index (χ4n) is 2.16. The Bertz CT molecular complexity index is 300. The van der Waals surface area contributed by atoms with Crippen LogP contribution in [0.2, 0.25) is 0 Å². The topological polar surface area (TPSA) is 38.9 Å². The Labute approximate surface area is 89.5 Å². The van der Waals surface area contributed by atoms with Gasteiger partial charge in [-0.1, -0.05) is 26.2 Å². The van der Waals surface area contributed by atoms with Crippen LogP contribution in [0.25, 0.3) is 0 Å². The molecule has 0 unspecified atom stereocenters. The second kappa shape index (κ2) is 4.30. The Balaban J connectivity index is 2.14. The van der Waals surface area contributed by atoms with Crippen LogP contribution in [0.3, 0.4) is 0 Å². The maximum Gasteiger partial charge on any atom is 0.109 e. The molecule has 3 heteroatoms. The van der Waals surface area contributed by atoms with Crippen LogP contribution in [0.15, 0.2) is 0 Å². The molecule has 2 N–H and O–H groups in total. The number of aromatic nitrogens is 1. The molecule has 0 bridgehead atoms. The third-order valence-electron chi connectivity index (χ3n) is 3.03. The van der Waals surface area contributed by atoms with Crippen LogP contribution in [0.5, 0.6) is 0 Å². The van der Waals surface area contributed by atoms with Crippen LogP contribution in [-0.2, 0) is 6.42 Å². The van der Waals surface area contributed by atoms with Gasteiger partial charge in [0.15, 0.2) is 0 Å². The first-order valence-corrected chi connectivity index (χ1v) is 6.38. The molecule has 0 spiro atoms. The molecule has 2 rings (SSSR count). The minimum Gasteiger partial charge on any atom is -0.389 e. The van der Waals surface area contributed by atoms with E-state index in [0.717, 1.165) is 17.1 Å². The van der Waals surface area contributed by atoms with E-state index in [2.05, 4.69) is 11.9 Å². The van der Waals surface area contributed by atoms with E-state index in [1.54, 1.807) is 11.3 Å².